The Kier molecular flexibility index (Phi) is 9.68. The first-order chi connectivity index (χ1) is 15.8. The number of imide groups is 1. The minimum absolute atomic E-state index is 0.0872. The predicted octanol–water partition coefficient (Wildman–Crippen LogP) is 2.70. The van der Waals surface area contributed by atoms with Gasteiger partial charge in [-0.1, -0.05) is 39.0 Å². The van der Waals surface area contributed by atoms with E-state index in [-0.39, 0.29) is 25.1 Å². The predicted molar refractivity (Wildman–Crippen MR) is 134 cm³/mol. The number of benzene rings is 1. The van der Waals surface area contributed by atoms with Gasteiger partial charge in [-0.3, -0.25) is 14.5 Å². The summed E-state index contributed by atoms with van der Waals surface area (Å²) in [4.78, 5) is 25.6. The van der Waals surface area contributed by atoms with Gasteiger partial charge >= 0.3 is 0 Å². The second-order valence-electron chi connectivity index (χ2n) is 9.83. The summed E-state index contributed by atoms with van der Waals surface area (Å²) in [6, 6.07) is 2.14. The number of amides is 2. The fourth-order valence-corrected chi connectivity index (χ4v) is 5.88. The van der Waals surface area contributed by atoms with Gasteiger partial charge in [-0.05, 0) is 74.3 Å². The first kappa shape index (κ1) is 28.3. The molecule has 8 nitrogen and oxygen atoms in total. The van der Waals surface area contributed by atoms with Crippen molar-refractivity contribution in [2.45, 2.75) is 89.5 Å². The topological polar surface area (TPSA) is 144 Å². The van der Waals surface area contributed by atoms with Gasteiger partial charge in [0.25, 0.3) is 5.91 Å². The molecule has 0 radical (unpaired) electrons. The van der Waals surface area contributed by atoms with Gasteiger partial charge < -0.3 is 16.6 Å². The van der Waals surface area contributed by atoms with E-state index in [1.54, 1.807) is 12.1 Å². The molecule has 1 unspecified atom stereocenters. The summed E-state index contributed by atoms with van der Waals surface area (Å²) in [5.41, 5.74) is 14.7. The average molecular weight is 496 g/mol. The van der Waals surface area contributed by atoms with Gasteiger partial charge in [0, 0.05) is 12.8 Å². The van der Waals surface area contributed by atoms with Gasteiger partial charge in [-0.15, -0.1) is 0 Å². The van der Waals surface area contributed by atoms with Crippen LogP contribution >= 0.6 is 0 Å². The number of aromatic hydroxyl groups is 1. The van der Waals surface area contributed by atoms with Crippen LogP contribution in [-0.4, -0.2) is 54.0 Å². The number of carbonyl (C=O) groups excluding carboxylic acids is 2. The average Bonchev–Trinajstić information content (AvgIpc) is 2.77. The minimum atomic E-state index is -3.97. The van der Waals surface area contributed by atoms with Crippen LogP contribution < -0.4 is 11.5 Å². The van der Waals surface area contributed by atoms with Crippen LogP contribution in [-0.2, 0) is 25.8 Å². The fourth-order valence-electron chi connectivity index (χ4n) is 4.93. The Hall–Kier alpha value is -1.97. The molecule has 1 aliphatic carbocycles. The van der Waals surface area contributed by atoms with Crippen LogP contribution in [0.1, 0.15) is 75.0 Å². The molecule has 9 heteroatoms. The zero-order chi connectivity index (χ0) is 25.7. The molecule has 0 aliphatic heterocycles. The molecule has 0 spiro atoms. The second-order valence-corrected chi connectivity index (χ2v) is 12.1. The van der Waals surface area contributed by atoms with Gasteiger partial charge in [0.2, 0.25) is 5.91 Å². The van der Waals surface area contributed by atoms with Crippen molar-refractivity contribution in [3.63, 3.8) is 0 Å². The maximum absolute atomic E-state index is 13.4. The van der Waals surface area contributed by atoms with Crippen LogP contribution in [0.2, 0.25) is 0 Å². The molecule has 1 aliphatic rings. The number of phenols is 1. The lowest BCUT2D eigenvalue weighted by molar-refractivity contribution is -0.147. The first-order valence-electron chi connectivity index (χ1n) is 12.2. The smallest absolute Gasteiger partial charge is 0.264 e. The highest BCUT2D eigenvalue weighted by molar-refractivity contribution is 7.92. The molecule has 0 heterocycles. The van der Waals surface area contributed by atoms with Crippen molar-refractivity contribution in [3.05, 3.63) is 28.8 Å². The van der Waals surface area contributed by atoms with Gasteiger partial charge in [0.15, 0.2) is 14.7 Å². The van der Waals surface area contributed by atoms with Gasteiger partial charge in [0.05, 0.1) is 6.04 Å². The minimum Gasteiger partial charge on any atom is -0.508 e. The number of rotatable bonds is 10. The van der Waals surface area contributed by atoms with Gasteiger partial charge in [-0.25, -0.2) is 8.42 Å². The lowest BCUT2D eigenvalue weighted by Crippen LogP contribution is -2.62. The van der Waals surface area contributed by atoms with Crippen molar-refractivity contribution < 1.29 is 23.1 Å². The van der Waals surface area contributed by atoms with E-state index < -0.39 is 32.6 Å². The van der Waals surface area contributed by atoms with Crippen LogP contribution in [0.3, 0.4) is 0 Å². The third-order valence-electron chi connectivity index (χ3n) is 7.20. The Bertz CT molecular complexity index is 965. The molecule has 1 fully saturated rings. The molecule has 1 saturated carbocycles. The van der Waals surface area contributed by atoms with Crippen molar-refractivity contribution in [2.75, 3.05) is 12.8 Å². The van der Waals surface area contributed by atoms with Crippen LogP contribution in [0.5, 0.6) is 5.75 Å². The number of sulfone groups is 1. The van der Waals surface area contributed by atoms with Gasteiger partial charge in [-0.2, -0.15) is 0 Å². The van der Waals surface area contributed by atoms with Gasteiger partial charge in [0.1, 0.15) is 5.75 Å². The summed E-state index contributed by atoms with van der Waals surface area (Å²) in [5.74, 6) is -0.865. The lowest BCUT2D eigenvalue weighted by Gasteiger charge is -2.33. The highest BCUT2D eigenvalue weighted by Crippen LogP contribution is 2.28. The Morgan fingerprint density at radius 2 is 1.74 bits per heavy atom. The molecule has 0 aromatic heterocycles. The van der Waals surface area contributed by atoms with Crippen LogP contribution in [0.15, 0.2) is 12.1 Å². The molecule has 192 valence electrons. The Labute approximate surface area is 204 Å². The summed E-state index contributed by atoms with van der Waals surface area (Å²) >= 11 is 0. The number of phenolic OH excluding ortho intramolecular Hbond substituents is 1. The van der Waals surface area contributed by atoms with Crippen molar-refractivity contribution >= 4 is 21.7 Å². The van der Waals surface area contributed by atoms with E-state index >= 15 is 0 Å². The summed E-state index contributed by atoms with van der Waals surface area (Å²) in [6.45, 7) is 5.24. The number of hydrogen-bond acceptors (Lipinski definition) is 7. The number of hydrogen-bond donors (Lipinski definition) is 3. The van der Waals surface area contributed by atoms with Crippen LogP contribution in [0.4, 0.5) is 0 Å². The maximum Gasteiger partial charge on any atom is 0.264 e. The Morgan fingerprint density at radius 3 is 2.24 bits per heavy atom. The standard InChI is InChI=1S/C25H41N3O5S/c1-5-25(27,34(4,32)33)24(31)28(13-9-12-19-10-7-6-8-11-19)23(30)22(26)16-21-17(2)14-20(29)15-18(21)3/h14-15,19,22,29H,5-13,16,26-27H2,1-4H3/t22-,25?/m0/s1. The second kappa shape index (κ2) is 11.6. The quantitative estimate of drug-likeness (QED) is 0.453. The van der Waals surface area contributed by atoms with Crippen molar-refractivity contribution in [2.24, 2.45) is 17.4 Å². The molecule has 2 atom stereocenters. The molecule has 0 saturated heterocycles. The van der Waals surface area contributed by atoms with Crippen molar-refractivity contribution in [1.29, 1.82) is 0 Å². The molecule has 34 heavy (non-hydrogen) atoms. The fraction of sp³-hybridized carbons (Fsp3) is 0.680. The molecule has 5 N–H and O–H groups in total. The lowest BCUT2D eigenvalue weighted by atomic mass is 9.86. The van der Waals surface area contributed by atoms with E-state index in [0.717, 1.165) is 47.1 Å². The van der Waals surface area contributed by atoms with E-state index in [0.29, 0.717) is 12.3 Å². The zero-order valence-electron chi connectivity index (χ0n) is 21.0. The van der Waals surface area contributed by atoms with Crippen molar-refractivity contribution in [1.82, 2.24) is 4.90 Å². The van der Waals surface area contributed by atoms with E-state index in [4.69, 9.17) is 11.5 Å². The molecule has 2 rings (SSSR count). The first-order valence-corrected chi connectivity index (χ1v) is 14.1. The number of aryl methyl sites for hydroxylation is 2. The third kappa shape index (κ3) is 6.58. The highest BCUT2D eigenvalue weighted by atomic mass is 32.2. The third-order valence-corrected chi connectivity index (χ3v) is 8.99. The highest BCUT2D eigenvalue weighted by Gasteiger charge is 2.47. The zero-order valence-corrected chi connectivity index (χ0v) is 21.8. The molecular formula is C25H41N3O5S. The van der Waals surface area contributed by atoms with Crippen molar-refractivity contribution in [3.8, 4) is 5.75 Å². The normalized spacial score (nSPS) is 17.7. The molecule has 1 aromatic rings. The molecule has 2 amide bonds. The van der Waals surface area contributed by atoms with Crippen LogP contribution in [0.25, 0.3) is 0 Å². The molecule has 0 bridgehead atoms. The van der Waals surface area contributed by atoms with E-state index in [2.05, 4.69) is 0 Å². The Morgan fingerprint density at radius 1 is 1.18 bits per heavy atom. The monoisotopic (exact) mass is 495 g/mol. The maximum atomic E-state index is 13.4. The SMILES string of the molecule is CCC(N)(C(=O)N(CCCC1CCCCC1)C(=O)[C@@H](N)Cc1c(C)cc(O)cc1C)S(C)(=O)=O. The summed E-state index contributed by atoms with van der Waals surface area (Å²) in [6.07, 6.45) is 8.28. The summed E-state index contributed by atoms with van der Waals surface area (Å²) in [7, 11) is -3.97. The van der Waals surface area contributed by atoms with E-state index in [1.165, 1.54) is 26.2 Å². The number of nitrogens with zero attached hydrogens (tertiary/aromatic N) is 1. The molecular weight excluding hydrogens is 454 g/mol. The number of carbonyl (C=O) groups is 2. The Balaban J connectivity index is 2.27. The summed E-state index contributed by atoms with van der Waals surface area (Å²) < 4.78 is 24.8. The van der Waals surface area contributed by atoms with Crippen LogP contribution in [0, 0.1) is 19.8 Å². The number of nitrogens with two attached hydrogens (primary N) is 2. The van der Waals surface area contributed by atoms with E-state index in [9.17, 15) is 23.1 Å². The largest absolute Gasteiger partial charge is 0.508 e. The summed E-state index contributed by atoms with van der Waals surface area (Å²) in [5, 5.41) is 9.80. The van der Waals surface area contributed by atoms with E-state index in [1.807, 2.05) is 13.8 Å². The molecule has 1 aromatic carbocycles.